The van der Waals surface area contributed by atoms with Crippen molar-refractivity contribution in [2.24, 2.45) is 0 Å². The van der Waals surface area contributed by atoms with Crippen LogP contribution in [-0.4, -0.2) is 18.0 Å². The molecule has 0 aromatic heterocycles. The first-order valence-electron chi connectivity index (χ1n) is 27.1. The summed E-state index contributed by atoms with van der Waals surface area (Å²) in [4.78, 5) is 2.91. The number of nitrogens with zero attached hydrogens (tertiary/aromatic N) is 1. The minimum atomic E-state index is -0.314. The fourth-order valence-electron chi connectivity index (χ4n) is 25.9. The minimum Gasteiger partial charge on any atom is -0.374 e. The molecule has 0 amide bonds. The van der Waals surface area contributed by atoms with Crippen molar-refractivity contribution < 1.29 is 0 Å². The van der Waals surface area contributed by atoms with Crippen molar-refractivity contribution in [1.82, 2.24) is 4.90 Å². The van der Waals surface area contributed by atoms with Crippen molar-refractivity contribution in [3.8, 4) is 0 Å². The van der Waals surface area contributed by atoms with E-state index in [-0.39, 0.29) is 10.8 Å². The van der Waals surface area contributed by atoms with E-state index in [1.807, 2.05) is 0 Å². The highest BCUT2D eigenvalue weighted by Crippen LogP contribution is 2.88. The standard InChI is InChI=1S/C70H17N/c1-5-71(6-2)68-9(7-8(3)4)69-64-56-48-38-28-20-12-10-11-14-18-16(12)24-32-26(18)36-30-22(14)23-15(11)19-17-13(10)21(20)29-35-25(17)33-27(19)37-31(23)41-40(30)50-44(36)54-46(32)52(42(48)34(24)28)58(64)60(54)66-62(50)63-51(41)45(37)55-47(33)53-43(35)49(39(29)38)57(56)65(69)59(53)61(55)67(63)70(66,68)69/h7H,5-6H2,1-4H3. The second kappa shape index (κ2) is 6.13. The third-order valence-electron chi connectivity index (χ3n) is 25.8. The van der Waals surface area contributed by atoms with Gasteiger partial charge >= 0.3 is 0 Å². The Morgan fingerprint density at radius 1 is 0.254 bits per heavy atom. The molecule has 5 aliphatic carbocycles. The van der Waals surface area contributed by atoms with E-state index >= 15 is 0 Å². The number of rotatable bonds is 4. The lowest BCUT2D eigenvalue weighted by molar-refractivity contribution is 0.231. The summed E-state index contributed by atoms with van der Waals surface area (Å²) in [5.74, 6) is 0. The van der Waals surface area contributed by atoms with Gasteiger partial charge in [-0.25, -0.2) is 0 Å². The molecule has 0 atom stereocenters. The van der Waals surface area contributed by atoms with E-state index in [9.17, 15) is 0 Å². The minimum absolute atomic E-state index is 0.312. The summed E-state index contributed by atoms with van der Waals surface area (Å²) in [5.41, 5.74) is 11.2. The highest BCUT2D eigenvalue weighted by molar-refractivity contribution is 6.82. The molecule has 71 heavy (non-hydrogen) atoms. The second-order valence-electron chi connectivity index (χ2n) is 26.4. The van der Waals surface area contributed by atoms with Gasteiger partial charge in [-0.15, -0.1) is 0 Å². The van der Waals surface area contributed by atoms with Gasteiger partial charge in [-0.05, 0) is 346 Å². The van der Waals surface area contributed by atoms with E-state index < -0.39 is 0 Å². The third kappa shape index (κ3) is 1.43. The zero-order valence-corrected chi connectivity index (χ0v) is 37.9. The van der Waals surface area contributed by atoms with E-state index in [1.54, 1.807) is 324 Å². The number of hydrogen-bond acceptors (Lipinski definition) is 1. The molecule has 302 valence electrons. The van der Waals surface area contributed by atoms with Crippen molar-refractivity contribution in [2.75, 3.05) is 13.1 Å². The number of benzene rings is 18. The average molecular weight is 872 g/mol. The Morgan fingerprint density at radius 2 is 0.408 bits per heavy atom. The van der Waals surface area contributed by atoms with E-state index in [2.05, 4.69) is 38.7 Å². The van der Waals surface area contributed by atoms with Crippen LogP contribution in [0.15, 0.2) is 22.9 Å². The molecular formula is C70H17N. The lowest BCUT2D eigenvalue weighted by Gasteiger charge is -2.65. The molecule has 28 aromatic carbocycles. The Hall–Kier alpha value is -8.26. The number of hydrogen-bond donors (Lipinski definition) is 0. The predicted octanol–water partition coefficient (Wildman–Crippen LogP) is 18.9. The van der Waals surface area contributed by atoms with Crippen LogP contribution in [0.3, 0.4) is 0 Å². The van der Waals surface area contributed by atoms with Crippen LogP contribution in [0.5, 0.6) is 0 Å². The second-order valence-corrected chi connectivity index (χ2v) is 26.4. The SMILES string of the molecule is CCN(CC)C1=C(C=C(C)C)C23c4c5c6c7c8c9c(c%10c%11c2c2c4c4c%12c5c5c6c6c8c8c%13c9c9c%10c%10c%11c%11c2c2c4c4c%12c%12c5c5c6c8c6c8c%13c9c9c%10c%10c%11c2c2c4c4c%12c5c6c5c8c9c%10c2c45)C173. The Morgan fingerprint density at radius 3 is 0.563 bits per heavy atom. The summed E-state index contributed by atoms with van der Waals surface area (Å²) in [7, 11) is 0. The largest absolute Gasteiger partial charge is 0.374 e. The highest BCUT2D eigenvalue weighted by Gasteiger charge is 2.78. The van der Waals surface area contributed by atoms with Crippen LogP contribution < -0.4 is 0 Å². The molecular weight excluding hydrogens is 855 g/mol. The van der Waals surface area contributed by atoms with E-state index in [0.717, 1.165) is 13.1 Å². The van der Waals surface area contributed by atoms with Crippen LogP contribution in [0, 0.1) is 0 Å². The summed E-state index contributed by atoms with van der Waals surface area (Å²) in [6.07, 6.45) is 2.77. The zero-order chi connectivity index (χ0) is 42.9. The van der Waals surface area contributed by atoms with Crippen LogP contribution in [0.4, 0.5) is 0 Å². The third-order valence-corrected chi connectivity index (χ3v) is 25.8. The number of likely N-dealkylation sites (N-methyl/N-ethyl adjacent to an activating group) is 1. The summed E-state index contributed by atoms with van der Waals surface area (Å²) >= 11 is 0. The first kappa shape index (κ1) is 27.2. The van der Waals surface area contributed by atoms with Gasteiger partial charge in [0.1, 0.15) is 0 Å². The molecule has 0 saturated heterocycles. The fourth-order valence-corrected chi connectivity index (χ4v) is 25.9. The lowest BCUT2D eigenvalue weighted by atomic mass is 9.37. The van der Waals surface area contributed by atoms with Gasteiger partial charge in [0.15, 0.2) is 0 Å². The van der Waals surface area contributed by atoms with Gasteiger partial charge in [0, 0.05) is 18.8 Å². The Kier molecular flexibility index (Phi) is 2.35. The predicted molar refractivity (Wildman–Crippen MR) is 303 cm³/mol. The molecule has 0 unspecified atom stereocenters. The summed E-state index contributed by atoms with van der Waals surface area (Å²) < 4.78 is 0. The summed E-state index contributed by atoms with van der Waals surface area (Å²) in [6, 6.07) is 0. The zero-order valence-electron chi connectivity index (χ0n) is 37.9. The molecule has 1 heteroatoms. The fraction of sp³-hybridized carbons (Fsp3) is 0.114. The monoisotopic (exact) mass is 871 g/mol. The molecule has 33 rings (SSSR count). The molecule has 28 aromatic rings. The Bertz CT molecular complexity index is 7140. The van der Waals surface area contributed by atoms with Crippen LogP contribution in [0.2, 0.25) is 0 Å². The molecule has 5 aliphatic rings. The molecule has 0 saturated carbocycles. The van der Waals surface area contributed by atoms with Gasteiger partial charge in [-0.1, -0.05) is 11.6 Å². The molecule has 0 bridgehead atoms. The maximum Gasteiger partial charge on any atom is 0.0808 e. The smallest absolute Gasteiger partial charge is 0.0808 e. The first-order chi connectivity index (χ1) is 35.2. The van der Waals surface area contributed by atoms with Gasteiger partial charge in [0.25, 0.3) is 0 Å². The molecule has 0 aliphatic heterocycles. The van der Waals surface area contributed by atoms with Crippen LogP contribution in [-0.2, 0) is 10.8 Å². The Balaban J connectivity index is 1.20. The molecule has 2 spiro atoms. The molecule has 0 N–H and O–H groups in total. The maximum atomic E-state index is 2.91. The van der Waals surface area contributed by atoms with Crippen molar-refractivity contribution >= 4 is 291 Å². The van der Waals surface area contributed by atoms with Crippen LogP contribution in [0.25, 0.3) is 291 Å². The summed E-state index contributed by atoms with van der Waals surface area (Å²) in [6.45, 7) is 11.8. The molecule has 1 nitrogen and oxygen atoms in total. The van der Waals surface area contributed by atoms with E-state index in [0.29, 0.717) is 0 Å². The first-order valence-corrected chi connectivity index (χ1v) is 27.1. The lowest BCUT2D eigenvalue weighted by Crippen LogP contribution is -2.65. The normalized spacial score (nSPS) is 22.3. The van der Waals surface area contributed by atoms with Gasteiger partial charge in [-0.2, -0.15) is 0 Å². The van der Waals surface area contributed by atoms with Gasteiger partial charge in [0.05, 0.1) is 10.8 Å². The molecule has 0 heterocycles. The summed E-state index contributed by atoms with van der Waals surface area (Å²) in [5, 5.41) is 90.5. The topological polar surface area (TPSA) is 3.24 Å². The van der Waals surface area contributed by atoms with Crippen LogP contribution >= 0.6 is 0 Å². The van der Waals surface area contributed by atoms with Gasteiger partial charge in [-0.3, -0.25) is 0 Å². The number of allylic oxidation sites excluding steroid dienone is 4. The maximum absolute atomic E-state index is 2.91. The van der Waals surface area contributed by atoms with Gasteiger partial charge < -0.3 is 4.90 Å². The Labute approximate surface area is 390 Å². The average Bonchev–Trinajstić information content (AvgIpc) is 4.41. The van der Waals surface area contributed by atoms with Crippen LogP contribution in [0.1, 0.15) is 49.9 Å². The quantitative estimate of drug-likeness (QED) is 0.159. The highest BCUT2D eigenvalue weighted by atomic mass is 15.2. The van der Waals surface area contributed by atoms with E-state index in [1.165, 1.54) is 5.57 Å². The molecule has 0 fully saturated rings. The van der Waals surface area contributed by atoms with Crippen molar-refractivity contribution in [3.05, 3.63) is 45.2 Å². The van der Waals surface area contributed by atoms with Crippen molar-refractivity contribution in [2.45, 2.75) is 38.5 Å². The van der Waals surface area contributed by atoms with Crippen molar-refractivity contribution in [1.29, 1.82) is 0 Å². The van der Waals surface area contributed by atoms with Crippen molar-refractivity contribution in [3.63, 3.8) is 0 Å². The van der Waals surface area contributed by atoms with E-state index in [4.69, 9.17) is 0 Å². The van der Waals surface area contributed by atoms with Gasteiger partial charge in [0.2, 0.25) is 0 Å². The molecule has 0 radical (unpaired) electrons.